The summed E-state index contributed by atoms with van der Waals surface area (Å²) >= 11 is 0. The van der Waals surface area contributed by atoms with Crippen molar-refractivity contribution in [2.75, 3.05) is 58.5 Å². The first-order chi connectivity index (χ1) is 21.4. The normalized spacial score (nSPS) is 33.4. The molecule has 3 fully saturated rings. The number of carbonyl (C=O) groups is 2. The number of fused-ring (bicyclic) bond motifs is 1. The van der Waals surface area contributed by atoms with Gasteiger partial charge in [0.15, 0.2) is 0 Å². The number of carbonyl (C=O) groups excluding carboxylic acids is 2. The van der Waals surface area contributed by atoms with Crippen molar-refractivity contribution in [2.45, 2.75) is 52.2 Å². The van der Waals surface area contributed by atoms with Crippen molar-refractivity contribution in [3.05, 3.63) is 71.5 Å². The zero-order chi connectivity index (χ0) is 32.5. The van der Waals surface area contributed by atoms with Crippen LogP contribution >= 0.6 is 0 Å². The minimum absolute atomic E-state index is 0.0206. The van der Waals surface area contributed by atoms with Crippen LogP contribution in [0.2, 0.25) is 0 Å². The number of aliphatic hydroxyl groups excluding tert-OH is 2. The molecule has 6 atom stereocenters. The smallest absolute Gasteiger partial charge is 0.343 e. The lowest BCUT2D eigenvalue weighted by atomic mass is 9.45. The van der Waals surface area contributed by atoms with Gasteiger partial charge < -0.3 is 29.3 Å². The van der Waals surface area contributed by atoms with Gasteiger partial charge in [-0.05, 0) is 61.3 Å². The number of ether oxygens (including phenoxy) is 3. The number of benzene rings is 1. The molecular weight excluding hydrogens is 572 g/mol. The second-order valence-electron chi connectivity index (χ2n) is 13.5. The molecule has 1 aromatic rings. The molecule has 2 aliphatic carbocycles. The molecule has 0 radical (unpaired) electrons. The van der Waals surface area contributed by atoms with Gasteiger partial charge in [-0.25, -0.2) is 9.59 Å². The molecule has 5 rings (SSSR count). The van der Waals surface area contributed by atoms with Gasteiger partial charge in [0, 0.05) is 50.2 Å². The van der Waals surface area contributed by atoms with Crippen LogP contribution in [-0.2, 0) is 23.8 Å². The fourth-order valence-electron chi connectivity index (χ4n) is 8.00. The fraction of sp³-hybridized carbons (Fsp3) is 0.556. The van der Waals surface area contributed by atoms with Crippen LogP contribution in [0.3, 0.4) is 0 Å². The van der Waals surface area contributed by atoms with Crippen LogP contribution in [0.25, 0.3) is 5.57 Å². The summed E-state index contributed by atoms with van der Waals surface area (Å²) in [5, 5.41) is 21.7. The summed E-state index contributed by atoms with van der Waals surface area (Å²) in [5.41, 5.74) is 2.20. The monoisotopic (exact) mass is 620 g/mol. The molecule has 2 aliphatic heterocycles. The lowest BCUT2D eigenvalue weighted by Crippen LogP contribution is -2.61. The highest BCUT2D eigenvalue weighted by Gasteiger charge is 2.59. The van der Waals surface area contributed by atoms with Crippen LogP contribution in [0.15, 0.2) is 66.0 Å². The molecule has 9 nitrogen and oxygen atoms in total. The summed E-state index contributed by atoms with van der Waals surface area (Å²) in [4.78, 5) is 30.7. The molecule has 4 aliphatic rings. The summed E-state index contributed by atoms with van der Waals surface area (Å²) in [6.45, 7) is 13.6. The molecule has 0 spiro atoms. The summed E-state index contributed by atoms with van der Waals surface area (Å²) < 4.78 is 16.7. The number of hydrogen-bond acceptors (Lipinski definition) is 9. The van der Waals surface area contributed by atoms with E-state index in [0.717, 1.165) is 37.2 Å². The number of cyclic esters (lactones) is 1. The van der Waals surface area contributed by atoms with Gasteiger partial charge in [0.2, 0.25) is 0 Å². The molecule has 1 aromatic carbocycles. The van der Waals surface area contributed by atoms with Crippen LogP contribution in [-0.4, -0.2) is 92.8 Å². The summed E-state index contributed by atoms with van der Waals surface area (Å²) in [5.74, 6) is -1.05. The first-order valence-corrected chi connectivity index (χ1v) is 16.0. The van der Waals surface area contributed by atoms with E-state index < -0.39 is 23.5 Å². The Morgan fingerprint density at radius 2 is 1.89 bits per heavy atom. The summed E-state index contributed by atoms with van der Waals surface area (Å²) in [6.07, 6.45) is 6.98. The van der Waals surface area contributed by atoms with E-state index in [0.29, 0.717) is 30.8 Å². The predicted molar refractivity (Wildman–Crippen MR) is 173 cm³/mol. The summed E-state index contributed by atoms with van der Waals surface area (Å²) in [7, 11) is 3.87. The Morgan fingerprint density at radius 3 is 2.51 bits per heavy atom. The van der Waals surface area contributed by atoms with E-state index >= 15 is 0 Å². The quantitative estimate of drug-likeness (QED) is 0.252. The van der Waals surface area contributed by atoms with Crippen molar-refractivity contribution in [3.63, 3.8) is 0 Å². The number of nitrogens with zero attached hydrogens (tertiary/aromatic N) is 2. The Morgan fingerprint density at radius 1 is 1.20 bits per heavy atom. The van der Waals surface area contributed by atoms with Crippen molar-refractivity contribution < 1.29 is 34.0 Å². The SMILES string of the molecule is C=C1C(N2CCOCC2)CC2[C@](C)(CC[C@@H](O)[C@@]2(C)CO)C1/C=C/C1=CC(=C(/C(=O)OCC)c2ccc(N(C)C)cc2)/OC1=O. The highest BCUT2D eigenvalue weighted by molar-refractivity contribution is 6.19. The number of anilines is 1. The first-order valence-electron chi connectivity index (χ1n) is 16.0. The molecule has 45 heavy (non-hydrogen) atoms. The van der Waals surface area contributed by atoms with Crippen LogP contribution in [0, 0.1) is 22.7 Å². The van der Waals surface area contributed by atoms with E-state index in [4.69, 9.17) is 14.2 Å². The average molecular weight is 621 g/mol. The Balaban J connectivity index is 1.53. The van der Waals surface area contributed by atoms with Crippen LogP contribution in [0.4, 0.5) is 5.69 Å². The molecule has 2 saturated carbocycles. The number of rotatable bonds is 8. The number of aliphatic hydroxyl groups is 2. The van der Waals surface area contributed by atoms with E-state index in [2.05, 4.69) is 18.4 Å². The van der Waals surface area contributed by atoms with Crippen LogP contribution in [0.1, 0.15) is 45.6 Å². The number of allylic oxidation sites excluding steroid dienone is 2. The highest BCUT2D eigenvalue weighted by atomic mass is 16.6. The Kier molecular flexibility index (Phi) is 9.75. The molecule has 0 aromatic heterocycles. The summed E-state index contributed by atoms with van der Waals surface area (Å²) in [6, 6.07) is 7.48. The maximum atomic E-state index is 13.2. The largest absolute Gasteiger partial charge is 0.462 e. The minimum atomic E-state index is -0.664. The van der Waals surface area contributed by atoms with Gasteiger partial charge in [0.05, 0.1) is 38.1 Å². The average Bonchev–Trinajstić information content (AvgIpc) is 3.39. The minimum Gasteiger partial charge on any atom is -0.462 e. The maximum Gasteiger partial charge on any atom is 0.343 e. The zero-order valence-electron chi connectivity index (χ0n) is 27.3. The molecule has 244 valence electrons. The third kappa shape index (κ3) is 6.15. The zero-order valence-corrected chi connectivity index (χ0v) is 27.3. The van der Waals surface area contributed by atoms with E-state index in [-0.39, 0.29) is 47.8 Å². The predicted octanol–water partition coefficient (Wildman–Crippen LogP) is 4.12. The lowest BCUT2D eigenvalue weighted by molar-refractivity contribution is -0.156. The Bertz CT molecular complexity index is 1390. The fourth-order valence-corrected chi connectivity index (χ4v) is 8.00. The highest BCUT2D eigenvalue weighted by Crippen LogP contribution is 2.62. The van der Waals surface area contributed by atoms with Crippen molar-refractivity contribution in [3.8, 4) is 0 Å². The standard InChI is InChI=1S/C36H48N2O7/c1-7-44-34(42)32(24-8-11-26(12-9-24)37(5)6)29-20-25(33(41)45-29)10-13-27-23(2)28(38-16-18-43-19-17-38)21-30-35(27,3)15-14-31(40)36(30,4)22-39/h8-13,20,27-28,30-31,39-40H,2,7,14-19,21-22H2,1,3-6H3/b13-10+,32-29-/t27?,28?,30?,31-,35-,36+/m1/s1. The van der Waals surface area contributed by atoms with Gasteiger partial charge in [-0.1, -0.05) is 50.3 Å². The van der Waals surface area contributed by atoms with E-state index in [1.165, 1.54) is 0 Å². The molecular formula is C36H48N2O7. The molecule has 9 heteroatoms. The molecule has 2 N–H and O–H groups in total. The van der Waals surface area contributed by atoms with Crippen molar-refractivity contribution >= 4 is 23.2 Å². The van der Waals surface area contributed by atoms with Crippen molar-refractivity contribution in [1.29, 1.82) is 0 Å². The molecule has 0 bridgehead atoms. The van der Waals surface area contributed by atoms with Gasteiger partial charge in [-0.3, -0.25) is 4.90 Å². The number of hydrogen-bond donors (Lipinski definition) is 2. The van der Waals surface area contributed by atoms with E-state index in [9.17, 15) is 19.8 Å². The topological polar surface area (TPSA) is 109 Å². The van der Waals surface area contributed by atoms with Gasteiger partial charge in [-0.2, -0.15) is 0 Å². The van der Waals surface area contributed by atoms with Crippen LogP contribution in [0.5, 0.6) is 0 Å². The van der Waals surface area contributed by atoms with Crippen LogP contribution < -0.4 is 4.90 Å². The third-order valence-electron chi connectivity index (χ3n) is 10.7. The Labute approximate surface area is 266 Å². The molecule has 1 saturated heterocycles. The Hall–Kier alpha value is -3.24. The van der Waals surface area contributed by atoms with Gasteiger partial charge >= 0.3 is 11.9 Å². The molecule has 2 heterocycles. The third-order valence-corrected chi connectivity index (χ3v) is 10.7. The molecule has 3 unspecified atom stereocenters. The van der Waals surface area contributed by atoms with Crippen molar-refractivity contribution in [2.24, 2.45) is 22.7 Å². The van der Waals surface area contributed by atoms with Gasteiger partial charge in [0.1, 0.15) is 11.3 Å². The van der Waals surface area contributed by atoms with E-state index in [1.54, 1.807) is 19.1 Å². The van der Waals surface area contributed by atoms with Gasteiger partial charge in [-0.15, -0.1) is 0 Å². The van der Waals surface area contributed by atoms with E-state index in [1.807, 2.05) is 56.3 Å². The second kappa shape index (κ2) is 13.2. The second-order valence-corrected chi connectivity index (χ2v) is 13.5. The maximum absolute atomic E-state index is 13.2. The molecule has 0 amide bonds. The first kappa shape index (κ1) is 33.1. The number of esters is 2. The lowest BCUT2D eigenvalue weighted by Gasteiger charge is -2.62. The number of morpholine rings is 1. The van der Waals surface area contributed by atoms with Crippen molar-refractivity contribution in [1.82, 2.24) is 4.90 Å². The van der Waals surface area contributed by atoms with Gasteiger partial charge in [0.25, 0.3) is 0 Å².